The monoisotopic (exact) mass is 313 g/mol. The van der Waals surface area contributed by atoms with Crippen LogP contribution in [0.5, 0.6) is 0 Å². The Labute approximate surface area is 128 Å². The number of amides is 1. The first-order chi connectivity index (χ1) is 10.5. The standard InChI is InChI=1S/C16H21F2NO3/c1-11(10-20)9-19-15(21)16(4-6-22-7-5-16)13-3-2-12(17)8-14(13)18/h2-3,8,11,20H,4-7,9-10H2,1H3,(H,19,21). The number of hydrogen-bond acceptors (Lipinski definition) is 3. The van der Waals surface area contributed by atoms with E-state index < -0.39 is 17.0 Å². The Hall–Kier alpha value is -1.53. The number of ether oxygens (including phenoxy) is 1. The molecule has 0 aromatic heterocycles. The van der Waals surface area contributed by atoms with Crippen molar-refractivity contribution in [3.05, 3.63) is 35.4 Å². The summed E-state index contributed by atoms with van der Waals surface area (Å²) in [6.07, 6.45) is 0.684. The van der Waals surface area contributed by atoms with E-state index in [-0.39, 0.29) is 24.0 Å². The minimum absolute atomic E-state index is 0.0404. The molecule has 0 bridgehead atoms. The van der Waals surface area contributed by atoms with Crippen LogP contribution >= 0.6 is 0 Å². The molecule has 1 fully saturated rings. The molecule has 0 saturated carbocycles. The van der Waals surface area contributed by atoms with Gasteiger partial charge in [-0.2, -0.15) is 0 Å². The van der Waals surface area contributed by atoms with Gasteiger partial charge in [-0.3, -0.25) is 4.79 Å². The van der Waals surface area contributed by atoms with Gasteiger partial charge in [-0.1, -0.05) is 13.0 Å². The van der Waals surface area contributed by atoms with Crippen molar-refractivity contribution >= 4 is 5.91 Å². The van der Waals surface area contributed by atoms with E-state index in [1.54, 1.807) is 6.92 Å². The first-order valence-corrected chi connectivity index (χ1v) is 7.42. The lowest BCUT2D eigenvalue weighted by Crippen LogP contribution is -2.49. The molecule has 2 rings (SSSR count). The molecule has 4 nitrogen and oxygen atoms in total. The lowest BCUT2D eigenvalue weighted by atomic mass is 9.73. The van der Waals surface area contributed by atoms with E-state index in [2.05, 4.69) is 5.32 Å². The van der Waals surface area contributed by atoms with Gasteiger partial charge in [-0.25, -0.2) is 8.78 Å². The van der Waals surface area contributed by atoms with Crippen molar-refractivity contribution in [2.75, 3.05) is 26.4 Å². The Bertz CT molecular complexity index is 530. The Morgan fingerprint density at radius 2 is 2.09 bits per heavy atom. The number of nitrogens with one attached hydrogen (secondary N) is 1. The SMILES string of the molecule is CC(CO)CNC(=O)C1(c2ccc(F)cc2F)CCOCC1. The van der Waals surface area contributed by atoms with Crippen molar-refractivity contribution < 1.29 is 23.4 Å². The first kappa shape index (κ1) is 16.8. The quantitative estimate of drug-likeness (QED) is 0.871. The molecule has 1 unspecified atom stereocenters. The number of aliphatic hydroxyl groups is 1. The summed E-state index contributed by atoms with van der Waals surface area (Å²) in [5.74, 6) is -1.77. The average molecular weight is 313 g/mol. The predicted octanol–water partition coefficient (Wildman–Crippen LogP) is 1.76. The van der Waals surface area contributed by atoms with Crippen molar-refractivity contribution in [2.24, 2.45) is 5.92 Å². The topological polar surface area (TPSA) is 58.6 Å². The predicted molar refractivity (Wildman–Crippen MR) is 77.3 cm³/mol. The summed E-state index contributed by atoms with van der Waals surface area (Å²) >= 11 is 0. The molecule has 0 spiro atoms. The summed E-state index contributed by atoms with van der Waals surface area (Å²) in [6, 6.07) is 3.31. The molecule has 6 heteroatoms. The van der Waals surface area contributed by atoms with Gasteiger partial charge in [-0.15, -0.1) is 0 Å². The summed E-state index contributed by atoms with van der Waals surface area (Å²) in [6.45, 7) is 2.76. The number of benzene rings is 1. The van der Waals surface area contributed by atoms with E-state index in [0.717, 1.165) is 6.07 Å². The molecule has 1 amide bonds. The van der Waals surface area contributed by atoms with Crippen LogP contribution in [0.1, 0.15) is 25.3 Å². The van der Waals surface area contributed by atoms with Gasteiger partial charge in [0.25, 0.3) is 0 Å². The van der Waals surface area contributed by atoms with Crippen molar-refractivity contribution in [3.8, 4) is 0 Å². The van der Waals surface area contributed by atoms with Crippen LogP contribution < -0.4 is 5.32 Å². The number of aliphatic hydroxyl groups excluding tert-OH is 1. The Balaban J connectivity index is 2.29. The van der Waals surface area contributed by atoms with E-state index in [4.69, 9.17) is 9.84 Å². The van der Waals surface area contributed by atoms with Crippen LogP contribution in [0.2, 0.25) is 0 Å². The molecule has 1 atom stereocenters. The van der Waals surface area contributed by atoms with Gasteiger partial charge < -0.3 is 15.2 Å². The summed E-state index contributed by atoms with van der Waals surface area (Å²) in [5.41, 5.74) is -0.850. The maximum Gasteiger partial charge on any atom is 0.230 e. The van der Waals surface area contributed by atoms with Crippen LogP contribution in [0, 0.1) is 17.6 Å². The molecular weight excluding hydrogens is 292 g/mol. The minimum atomic E-state index is -1.05. The van der Waals surface area contributed by atoms with Gasteiger partial charge in [0.1, 0.15) is 11.6 Å². The fraction of sp³-hybridized carbons (Fsp3) is 0.562. The van der Waals surface area contributed by atoms with Gasteiger partial charge in [0.2, 0.25) is 5.91 Å². The third kappa shape index (κ3) is 3.44. The van der Waals surface area contributed by atoms with Gasteiger partial charge in [-0.05, 0) is 24.8 Å². The molecule has 2 N–H and O–H groups in total. The number of halogens is 2. The van der Waals surface area contributed by atoms with Crippen molar-refractivity contribution in [2.45, 2.75) is 25.2 Å². The Morgan fingerprint density at radius 1 is 1.41 bits per heavy atom. The number of carbonyl (C=O) groups is 1. The van der Waals surface area contributed by atoms with Crippen LogP contribution in [-0.4, -0.2) is 37.4 Å². The molecule has 22 heavy (non-hydrogen) atoms. The maximum atomic E-state index is 14.2. The highest BCUT2D eigenvalue weighted by Gasteiger charge is 2.43. The highest BCUT2D eigenvalue weighted by molar-refractivity contribution is 5.88. The molecule has 1 aromatic carbocycles. The van der Waals surface area contributed by atoms with Crippen LogP contribution in [0.4, 0.5) is 8.78 Å². The average Bonchev–Trinajstić information content (AvgIpc) is 2.52. The first-order valence-electron chi connectivity index (χ1n) is 7.42. The highest BCUT2D eigenvalue weighted by Crippen LogP contribution is 2.37. The largest absolute Gasteiger partial charge is 0.396 e. The summed E-state index contributed by atoms with van der Waals surface area (Å²) in [4.78, 5) is 12.7. The van der Waals surface area contributed by atoms with E-state index in [1.165, 1.54) is 12.1 Å². The zero-order valence-electron chi connectivity index (χ0n) is 12.6. The second-order valence-electron chi connectivity index (χ2n) is 5.82. The van der Waals surface area contributed by atoms with Crippen LogP contribution in [-0.2, 0) is 14.9 Å². The zero-order valence-corrected chi connectivity index (χ0v) is 12.6. The summed E-state index contributed by atoms with van der Waals surface area (Å²) in [7, 11) is 0. The Morgan fingerprint density at radius 3 is 2.68 bits per heavy atom. The van der Waals surface area contributed by atoms with Crippen LogP contribution in [0.15, 0.2) is 18.2 Å². The molecule has 1 aliphatic rings. The second kappa shape index (κ2) is 7.15. The fourth-order valence-corrected chi connectivity index (χ4v) is 2.72. The summed E-state index contributed by atoms with van der Waals surface area (Å²) < 4.78 is 32.6. The van der Waals surface area contributed by atoms with Gasteiger partial charge in [0.05, 0.1) is 5.41 Å². The number of rotatable bonds is 5. The van der Waals surface area contributed by atoms with E-state index in [1.807, 2.05) is 0 Å². The smallest absolute Gasteiger partial charge is 0.230 e. The lowest BCUT2D eigenvalue weighted by molar-refractivity contribution is -0.130. The third-order valence-corrected chi connectivity index (χ3v) is 4.15. The van der Waals surface area contributed by atoms with Crippen LogP contribution in [0.3, 0.4) is 0 Å². The molecule has 0 aliphatic carbocycles. The summed E-state index contributed by atoms with van der Waals surface area (Å²) in [5, 5.41) is 11.8. The molecule has 1 heterocycles. The van der Waals surface area contributed by atoms with E-state index >= 15 is 0 Å². The molecule has 1 aromatic rings. The number of hydrogen-bond donors (Lipinski definition) is 2. The second-order valence-corrected chi connectivity index (χ2v) is 5.82. The van der Waals surface area contributed by atoms with Crippen molar-refractivity contribution in [1.82, 2.24) is 5.32 Å². The normalized spacial score (nSPS) is 18.7. The van der Waals surface area contributed by atoms with Gasteiger partial charge >= 0.3 is 0 Å². The highest BCUT2D eigenvalue weighted by atomic mass is 19.1. The third-order valence-electron chi connectivity index (χ3n) is 4.15. The van der Waals surface area contributed by atoms with Gasteiger partial charge in [0, 0.05) is 38.0 Å². The van der Waals surface area contributed by atoms with Crippen LogP contribution in [0.25, 0.3) is 0 Å². The zero-order chi connectivity index (χ0) is 16.2. The number of carbonyl (C=O) groups excluding carboxylic acids is 1. The molecule has 1 saturated heterocycles. The Kier molecular flexibility index (Phi) is 5.47. The molecule has 0 radical (unpaired) electrons. The molecule has 122 valence electrons. The van der Waals surface area contributed by atoms with E-state index in [9.17, 15) is 13.6 Å². The van der Waals surface area contributed by atoms with E-state index in [0.29, 0.717) is 32.6 Å². The van der Waals surface area contributed by atoms with Crippen molar-refractivity contribution in [3.63, 3.8) is 0 Å². The molecule has 1 aliphatic heterocycles. The molecular formula is C16H21F2NO3. The minimum Gasteiger partial charge on any atom is -0.396 e. The van der Waals surface area contributed by atoms with Crippen molar-refractivity contribution in [1.29, 1.82) is 0 Å². The fourth-order valence-electron chi connectivity index (χ4n) is 2.72. The lowest BCUT2D eigenvalue weighted by Gasteiger charge is -2.36. The van der Waals surface area contributed by atoms with Gasteiger partial charge in [0.15, 0.2) is 0 Å². The maximum absolute atomic E-state index is 14.2.